The maximum Gasteiger partial charge on any atom is 0.126 e. The molecule has 0 heterocycles. The zero-order chi connectivity index (χ0) is 14.7. The van der Waals surface area contributed by atoms with Gasteiger partial charge in [0.15, 0.2) is 0 Å². The monoisotopic (exact) mass is 330 g/mol. The van der Waals surface area contributed by atoms with E-state index >= 15 is 0 Å². The van der Waals surface area contributed by atoms with Gasteiger partial charge in [-0.3, -0.25) is 0 Å². The van der Waals surface area contributed by atoms with Crippen molar-refractivity contribution in [2.45, 2.75) is 12.5 Å². The molecule has 106 valence electrons. The summed E-state index contributed by atoms with van der Waals surface area (Å²) in [5, 5.41) is 11.8. The molecular weight excluding hydrogens is 319 g/mol. The number of benzene rings is 2. The van der Waals surface area contributed by atoms with Crippen LogP contribution in [-0.4, -0.2) is 12.2 Å². The van der Waals surface area contributed by atoms with Crippen LogP contribution in [0.15, 0.2) is 36.4 Å². The third kappa shape index (κ3) is 3.21. The molecule has 0 aromatic heterocycles. The summed E-state index contributed by atoms with van der Waals surface area (Å²) in [5.74, 6) is 0.545. The van der Waals surface area contributed by atoms with Crippen molar-refractivity contribution in [2.75, 3.05) is 7.11 Å². The smallest absolute Gasteiger partial charge is 0.126 e. The number of hydrogen-bond donors (Lipinski definition) is 1. The summed E-state index contributed by atoms with van der Waals surface area (Å²) in [4.78, 5) is 0. The van der Waals surface area contributed by atoms with Crippen LogP contribution in [0.25, 0.3) is 0 Å². The Morgan fingerprint density at radius 1 is 1.05 bits per heavy atom. The molecule has 0 spiro atoms. The fourth-order valence-electron chi connectivity index (χ4n) is 2.04. The number of aliphatic hydroxyl groups excluding tert-OH is 1. The van der Waals surface area contributed by atoms with Crippen molar-refractivity contribution in [3.63, 3.8) is 0 Å². The minimum atomic E-state index is -0.824. The van der Waals surface area contributed by atoms with E-state index in [0.717, 1.165) is 5.56 Å². The Hall–Kier alpha value is -0.930. The van der Waals surface area contributed by atoms with Crippen LogP contribution < -0.4 is 4.74 Å². The van der Waals surface area contributed by atoms with Crippen LogP contribution in [0.4, 0.5) is 0 Å². The summed E-state index contributed by atoms with van der Waals surface area (Å²) in [5.41, 5.74) is 1.31. The van der Waals surface area contributed by atoms with E-state index in [2.05, 4.69) is 0 Å². The van der Waals surface area contributed by atoms with E-state index in [1.165, 1.54) is 7.11 Å². The molecular formula is C15H13Cl3O2. The number of aliphatic hydroxyl groups is 1. The number of hydrogen-bond acceptors (Lipinski definition) is 2. The third-order valence-electron chi connectivity index (χ3n) is 3.01. The zero-order valence-corrected chi connectivity index (χ0v) is 13.0. The van der Waals surface area contributed by atoms with Gasteiger partial charge < -0.3 is 9.84 Å². The van der Waals surface area contributed by atoms with Crippen molar-refractivity contribution in [1.29, 1.82) is 0 Å². The molecule has 0 amide bonds. The average molecular weight is 332 g/mol. The van der Waals surface area contributed by atoms with Crippen LogP contribution in [0, 0.1) is 0 Å². The van der Waals surface area contributed by atoms with E-state index in [4.69, 9.17) is 39.5 Å². The lowest BCUT2D eigenvalue weighted by atomic mass is 10.0. The van der Waals surface area contributed by atoms with Gasteiger partial charge >= 0.3 is 0 Å². The Morgan fingerprint density at radius 3 is 2.40 bits per heavy atom. The first-order valence-electron chi connectivity index (χ1n) is 5.98. The number of methoxy groups -OCH3 is 1. The van der Waals surface area contributed by atoms with Crippen LogP contribution >= 0.6 is 34.8 Å². The Kier molecular flexibility index (Phi) is 5.17. The highest BCUT2D eigenvalue weighted by molar-refractivity contribution is 6.42. The molecule has 0 radical (unpaired) electrons. The second kappa shape index (κ2) is 6.68. The predicted octanol–water partition coefficient (Wildman–Crippen LogP) is 4.93. The number of rotatable bonds is 4. The first kappa shape index (κ1) is 15.5. The lowest BCUT2D eigenvalue weighted by Crippen LogP contribution is -2.05. The molecule has 0 saturated carbocycles. The molecule has 2 nitrogen and oxygen atoms in total. The summed E-state index contributed by atoms with van der Waals surface area (Å²) < 4.78 is 5.24. The Morgan fingerprint density at radius 2 is 1.70 bits per heavy atom. The molecule has 2 aromatic carbocycles. The van der Waals surface area contributed by atoms with E-state index < -0.39 is 6.10 Å². The number of ether oxygens (including phenoxy) is 1. The molecule has 20 heavy (non-hydrogen) atoms. The van der Waals surface area contributed by atoms with Crippen LogP contribution in [0.1, 0.15) is 17.2 Å². The Balaban J connectivity index is 2.33. The standard InChI is InChI=1S/C15H13Cl3O2/c1-20-13-7-3-5-10(16)14(13)12(19)8-9-4-2-6-11(17)15(9)18/h2-7,12,19H,8H2,1H3. The maximum atomic E-state index is 10.4. The van der Waals surface area contributed by atoms with E-state index in [0.29, 0.717) is 32.8 Å². The van der Waals surface area contributed by atoms with Crippen molar-refractivity contribution in [3.8, 4) is 5.75 Å². The topological polar surface area (TPSA) is 29.5 Å². The molecule has 0 bridgehead atoms. The molecule has 2 rings (SSSR count). The molecule has 0 fully saturated rings. The SMILES string of the molecule is COc1cccc(Cl)c1C(O)Cc1cccc(Cl)c1Cl. The molecule has 0 aliphatic heterocycles. The lowest BCUT2D eigenvalue weighted by molar-refractivity contribution is 0.174. The first-order valence-corrected chi connectivity index (χ1v) is 7.11. The van der Waals surface area contributed by atoms with Crippen molar-refractivity contribution in [2.24, 2.45) is 0 Å². The summed E-state index contributed by atoms with van der Waals surface area (Å²) in [6, 6.07) is 10.5. The summed E-state index contributed by atoms with van der Waals surface area (Å²) >= 11 is 18.2. The van der Waals surface area contributed by atoms with Crippen molar-refractivity contribution >= 4 is 34.8 Å². The minimum Gasteiger partial charge on any atom is -0.496 e. The van der Waals surface area contributed by atoms with E-state index in [1.54, 1.807) is 30.3 Å². The summed E-state index contributed by atoms with van der Waals surface area (Å²) in [6.07, 6.45) is -0.519. The fraction of sp³-hybridized carbons (Fsp3) is 0.200. The largest absolute Gasteiger partial charge is 0.496 e. The van der Waals surface area contributed by atoms with Gasteiger partial charge in [0.25, 0.3) is 0 Å². The predicted molar refractivity (Wildman–Crippen MR) is 83.1 cm³/mol. The van der Waals surface area contributed by atoms with Gasteiger partial charge in [-0.05, 0) is 23.8 Å². The van der Waals surface area contributed by atoms with Gasteiger partial charge in [-0.2, -0.15) is 0 Å². The van der Waals surface area contributed by atoms with Crippen molar-refractivity contribution < 1.29 is 9.84 Å². The average Bonchev–Trinajstić information content (AvgIpc) is 2.43. The van der Waals surface area contributed by atoms with Crippen LogP contribution in [0.5, 0.6) is 5.75 Å². The third-order valence-corrected chi connectivity index (χ3v) is 4.20. The Labute approximate surface area is 132 Å². The van der Waals surface area contributed by atoms with Gasteiger partial charge in [0, 0.05) is 12.0 Å². The van der Waals surface area contributed by atoms with E-state index in [-0.39, 0.29) is 0 Å². The molecule has 1 unspecified atom stereocenters. The quantitative estimate of drug-likeness (QED) is 0.860. The molecule has 2 aromatic rings. The fourth-order valence-corrected chi connectivity index (χ4v) is 2.72. The molecule has 0 saturated heterocycles. The van der Waals surface area contributed by atoms with Crippen molar-refractivity contribution in [1.82, 2.24) is 0 Å². The normalized spacial score (nSPS) is 12.2. The van der Waals surface area contributed by atoms with Gasteiger partial charge in [-0.15, -0.1) is 0 Å². The van der Waals surface area contributed by atoms with Gasteiger partial charge in [-0.25, -0.2) is 0 Å². The highest BCUT2D eigenvalue weighted by Crippen LogP contribution is 2.35. The maximum absolute atomic E-state index is 10.4. The van der Waals surface area contributed by atoms with Crippen molar-refractivity contribution in [3.05, 3.63) is 62.6 Å². The molecule has 1 atom stereocenters. The number of halogens is 3. The summed E-state index contributed by atoms with van der Waals surface area (Å²) in [7, 11) is 1.54. The van der Waals surface area contributed by atoms with Crippen LogP contribution in [0.3, 0.4) is 0 Å². The summed E-state index contributed by atoms with van der Waals surface area (Å²) in [6.45, 7) is 0. The van der Waals surface area contributed by atoms with Crippen LogP contribution in [-0.2, 0) is 6.42 Å². The zero-order valence-electron chi connectivity index (χ0n) is 10.7. The van der Waals surface area contributed by atoms with E-state index in [1.807, 2.05) is 6.07 Å². The van der Waals surface area contributed by atoms with Gasteiger partial charge in [0.2, 0.25) is 0 Å². The van der Waals surface area contributed by atoms with Crippen LogP contribution in [0.2, 0.25) is 15.1 Å². The molecule has 0 aliphatic rings. The molecule has 0 aliphatic carbocycles. The van der Waals surface area contributed by atoms with E-state index in [9.17, 15) is 5.11 Å². The second-order valence-electron chi connectivity index (χ2n) is 4.29. The Bertz CT molecular complexity index is 614. The molecule has 1 N–H and O–H groups in total. The second-order valence-corrected chi connectivity index (χ2v) is 5.48. The lowest BCUT2D eigenvalue weighted by Gasteiger charge is -2.17. The first-order chi connectivity index (χ1) is 9.54. The van der Waals surface area contributed by atoms with Gasteiger partial charge in [0.1, 0.15) is 5.75 Å². The van der Waals surface area contributed by atoms with Gasteiger partial charge in [0.05, 0.1) is 28.3 Å². The van der Waals surface area contributed by atoms with Gasteiger partial charge in [-0.1, -0.05) is 53.0 Å². The highest BCUT2D eigenvalue weighted by Gasteiger charge is 2.19. The molecule has 5 heteroatoms. The minimum absolute atomic E-state index is 0.305. The highest BCUT2D eigenvalue weighted by atomic mass is 35.5.